The number of allylic oxidation sites excluding steroid dienone is 1. The lowest BCUT2D eigenvalue weighted by atomic mass is 9.95. The van der Waals surface area contributed by atoms with E-state index in [0.717, 1.165) is 4.90 Å². The minimum absolute atomic E-state index is 0.0379. The predicted molar refractivity (Wildman–Crippen MR) is 127 cm³/mol. The quantitative estimate of drug-likeness (QED) is 0.503. The van der Waals surface area contributed by atoms with Gasteiger partial charge in [-0.3, -0.25) is 18.1 Å². The molecule has 10 nitrogen and oxygen atoms in total. The molecule has 0 aliphatic carbocycles. The molecule has 0 bridgehead atoms. The van der Waals surface area contributed by atoms with Crippen LogP contribution in [-0.4, -0.2) is 63.4 Å². The summed E-state index contributed by atoms with van der Waals surface area (Å²) in [7, 11) is -8.65. The molecule has 2 aliphatic heterocycles. The van der Waals surface area contributed by atoms with Crippen LogP contribution < -0.4 is 0 Å². The van der Waals surface area contributed by atoms with Gasteiger partial charge in [0.05, 0.1) is 22.8 Å². The number of amides is 1. The molecule has 4 rings (SSSR count). The van der Waals surface area contributed by atoms with Crippen molar-refractivity contribution in [1.29, 1.82) is 0 Å². The molecule has 0 aromatic heterocycles. The Morgan fingerprint density at radius 2 is 1.58 bits per heavy atom. The number of aliphatic hydroxyl groups is 1. The van der Waals surface area contributed by atoms with Gasteiger partial charge >= 0.3 is 0 Å². The summed E-state index contributed by atoms with van der Waals surface area (Å²) < 4.78 is 67.7. The van der Waals surface area contributed by atoms with Gasteiger partial charge in [-0.1, -0.05) is 43.0 Å². The molecule has 0 saturated carbocycles. The van der Waals surface area contributed by atoms with Crippen molar-refractivity contribution in [2.75, 3.05) is 6.61 Å². The van der Waals surface area contributed by atoms with Crippen LogP contribution in [0.5, 0.6) is 0 Å². The molecular weight excluding hydrogens is 510 g/mol. The number of ether oxygens (including phenoxy) is 1. The highest BCUT2D eigenvalue weighted by atomic mass is 32.2. The Kier molecular flexibility index (Phi) is 7.19. The molecule has 1 saturated heterocycles. The number of rotatable bonds is 8. The average molecular weight is 536 g/mol. The lowest BCUT2D eigenvalue weighted by molar-refractivity contribution is -0.155. The second-order valence-corrected chi connectivity index (χ2v) is 11.7. The minimum Gasteiger partial charge on any atom is -0.383 e. The summed E-state index contributed by atoms with van der Waals surface area (Å²) in [6, 6.07) is 14.6. The second kappa shape index (κ2) is 9.88. The van der Waals surface area contributed by atoms with E-state index in [1.165, 1.54) is 61.7 Å². The molecule has 2 heterocycles. The van der Waals surface area contributed by atoms with E-state index in [1.54, 1.807) is 18.2 Å². The maximum atomic E-state index is 13.0. The van der Waals surface area contributed by atoms with Crippen LogP contribution in [-0.2, 0) is 38.1 Å². The number of hydrogen-bond donors (Lipinski definition) is 1. The monoisotopic (exact) mass is 535 g/mol. The molecule has 192 valence electrons. The summed E-state index contributed by atoms with van der Waals surface area (Å²) in [6.07, 6.45) is -1.51. The fourth-order valence-electron chi connectivity index (χ4n) is 3.94. The van der Waals surface area contributed by atoms with Gasteiger partial charge in [-0.2, -0.15) is 16.8 Å². The number of benzene rings is 2. The van der Waals surface area contributed by atoms with Crippen LogP contribution in [0.25, 0.3) is 0 Å². The zero-order valence-corrected chi connectivity index (χ0v) is 20.9. The molecule has 2 aromatic rings. The zero-order valence-electron chi connectivity index (χ0n) is 19.3. The van der Waals surface area contributed by atoms with E-state index in [4.69, 9.17) is 13.1 Å². The Labute approximate surface area is 209 Å². The van der Waals surface area contributed by atoms with Crippen LogP contribution in [0.3, 0.4) is 0 Å². The van der Waals surface area contributed by atoms with Gasteiger partial charge < -0.3 is 9.84 Å². The summed E-state index contributed by atoms with van der Waals surface area (Å²) in [5.74, 6) is -0.448. The average Bonchev–Trinajstić information content (AvgIpc) is 3.08. The first-order valence-electron chi connectivity index (χ1n) is 10.9. The molecule has 2 aromatic carbocycles. The molecule has 1 N–H and O–H groups in total. The number of carbonyl (C=O) groups excluding carboxylic acids is 1. The first kappa shape index (κ1) is 26.2. The first-order valence-corrected chi connectivity index (χ1v) is 13.7. The molecule has 0 spiro atoms. The van der Waals surface area contributed by atoms with Gasteiger partial charge in [-0.25, -0.2) is 0 Å². The third-order valence-corrected chi connectivity index (χ3v) is 8.39. The Bertz CT molecular complexity index is 1370. The van der Waals surface area contributed by atoms with Gasteiger partial charge in [0.2, 0.25) is 5.91 Å². The van der Waals surface area contributed by atoms with Gasteiger partial charge in [0.15, 0.2) is 6.23 Å². The van der Waals surface area contributed by atoms with Crippen LogP contribution in [0, 0.1) is 0 Å². The lowest BCUT2D eigenvalue weighted by Crippen LogP contribution is -2.54. The number of hydrogen-bond acceptors (Lipinski definition) is 9. The third-order valence-electron chi connectivity index (χ3n) is 5.79. The van der Waals surface area contributed by atoms with Crippen LogP contribution in [0.15, 0.2) is 94.9 Å². The summed E-state index contributed by atoms with van der Waals surface area (Å²) in [4.78, 5) is 13.4. The van der Waals surface area contributed by atoms with Crippen LogP contribution in [0.4, 0.5) is 0 Å². The smallest absolute Gasteiger partial charge is 0.297 e. The molecule has 1 fully saturated rings. The van der Waals surface area contributed by atoms with E-state index in [0.29, 0.717) is 5.57 Å². The Morgan fingerprint density at radius 1 is 1.03 bits per heavy atom. The maximum Gasteiger partial charge on any atom is 0.297 e. The zero-order chi connectivity index (χ0) is 26.1. The Morgan fingerprint density at radius 3 is 2.14 bits per heavy atom. The normalized spacial score (nSPS) is 26.9. The van der Waals surface area contributed by atoms with Crippen molar-refractivity contribution in [2.45, 2.75) is 47.2 Å². The van der Waals surface area contributed by atoms with Crippen molar-refractivity contribution in [2.24, 2.45) is 0 Å². The van der Waals surface area contributed by atoms with Gasteiger partial charge in [0.25, 0.3) is 20.2 Å². The molecule has 2 aliphatic rings. The van der Waals surface area contributed by atoms with Gasteiger partial charge in [-0.15, -0.1) is 0 Å². The van der Waals surface area contributed by atoms with E-state index in [1.807, 2.05) is 0 Å². The largest absolute Gasteiger partial charge is 0.383 e. The molecule has 0 radical (unpaired) electrons. The van der Waals surface area contributed by atoms with E-state index in [-0.39, 0.29) is 16.2 Å². The van der Waals surface area contributed by atoms with Gasteiger partial charge in [0.1, 0.15) is 17.8 Å². The van der Waals surface area contributed by atoms with E-state index < -0.39 is 56.8 Å². The molecule has 36 heavy (non-hydrogen) atoms. The SMILES string of the molecule is C=C1C=CN([C@@H]2O[C@H](COS(=O)(=O)c3ccccc3)[C@@H](OS(=O)(=O)c3ccccc3)[C@]2(C)O)C(=O)C1. The number of carbonyl (C=O) groups is 1. The van der Waals surface area contributed by atoms with Crippen molar-refractivity contribution in [1.82, 2.24) is 4.90 Å². The highest BCUT2D eigenvalue weighted by Crippen LogP contribution is 2.39. The molecular formula is C24H25NO9S2. The maximum absolute atomic E-state index is 13.0. The standard InChI is InChI=1S/C24H25NO9S2/c1-17-13-14-25(21(26)15-17)23-24(2,27)22(34-36(30,31)19-11-7-4-8-12-19)20(33-23)16-32-35(28,29)18-9-5-3-6-10-18/h3-14,20,22-23,27H,1,15-16H2,2H3/t20-,22-,23-,24+/m1/s1. The van der Waals surface area contributed by atoms with Crippen LogP contribution in [0.1, 0.15) is 13.3 Å². The summed E-state index contributed by atoms with van der Waals surface area (Å²) >= 11 is 0. The van der Waals surface area contributed by atoms with Gasteiger partial charge in [0, 0.05) is 6.20 Å². The van der Waals surface area contributed by atoms with Crippen molar-refractivity contribution in [3.63, 3.8) is 0 Å². The van der Waals surface area contributed by atoms with Crippen molar-refractivity contribution >= 4 is 26.1 Å². The van der Waals surface area contributed by atoms with Crippen LogP contribution >= 0.6 is 0 Å². The van der Waals surface area contributed by atoms with E-state index in [9.17, 15) is 26.7 Å². The van der Waals surface area contributed by atoms with Crippen molar-refractivity contribution in [3.05, 3.63) is 85.1 Å². The summed E-state index contributed by atoms with van der Waals surface area (Å²) in [5, 5.41) is 11.4. The second-order valence-electron chi connectivity index (χ2n) is 8.54. The fraction of sp³-hybridized carbons (Fsp3) is 0.292. The molecule has 12 heteroatoms. The van der Waals surface area contributed by atoms with Crippen molar-refractivity contribution < 1.29 is 39.8 Å². The predicted octanol–water partition coefficient (Wildman–Crippen LogP) is 1.94. The highest BCUT2D eigenvalue weighted by Gasteiger charge is 2.58. The summed E-state index contributed by atoms with van der Waals surface area (Å²) in [5.41, 5.74) is -1.53. The van der Waals surface area contributed by atoms with Crippen molar-refractivity contribution in [3.8, 4) is 0 Å². The lowest BCUT2D eigenvalue weighted by Gasteiger charge is -2.36. The molecule has 1 amide bonds. The fourth-order valence-corrected chi connectivity index (χ4v) is 6.07. The molecule has 4 atom stereocenters. The first-order chi connectivity index (χ1) is 16.9. The minimum atomic E-state index is -4.41. The van der Waals surface area contributed by atoms with Crippen LogP contribution in [0.2, 0.25) is 0 Å². The molecule has 0 unspecified atom stereocenters. The van der Waals surface area contributed by atoms with E-state index in [2.05, 4.69) is 6.58 Å². The topological polar surface area (TPSA) is 137 Å². The van der Waals surface area contributed by atoms with E-state index >= 15 is 0 Å². The Hall–Kier alpha value is -2.87. The third kappa shape index (κ3) is 5.28. The Balaban J connectivity index is 1.65. The van der Waals surface area contributed by atoms with Gasteiger partial charge in [-0.05, 0) is 42.8 Å². The summed E-state index contributed by atoms with van der Waals surface area (Å²) in [6.45, 7) is 4.30. The highest BCUT2D eigenvalue weighted by molar-refractivity contribution is 7.87. The number of nitrogens with zero attached hydrogens (tertiary/aromatic N) is 1.